The van der Waals surface area contributed by atoms with Gasteiger partial charge >= 0.3 is 5.97 Å². The van der Waals surface area contributed by atoms with Gasteiger partial charge in [0.05, 0.1) is 14.2 Å². The number of rotatable bonds is 5. The summed E-state index contributed by atoms with van der Waals surface area (Å²) in [6.07, 6.45) is 5.87. The largest absolute Gasteiger partial charge is 0.497 e. The molecule has 2 aliphatic carbocycles. The first kappa shape index (κ1) is 16.7. The third kappa shape index (κ3) is 3.10. The summed E-state index contributed by atoms with van der Waals surface area (Å²) in [5, 5.41) is 0. The Morgan fingerprint density at radius 1 is 1.25 bits per heavy atom. The summed E-state index contributed by atoms with van der Waals surface area (Å²) in [5.41, 5.74) is 5.38. The lowest BCUT2D eigenvalue weighted by molar-refractivity contribution is -0.141. The van der Waals surface area contributed by atoms with E-state index in [2.05, 4.69) is 12.1 Å². The molecule has 1 aromatic carbocycles. The zero-order valence-corrected chi connectivity index (χ0v) is 14.3. The fourth-order valence-electron chi connectivity index (χ4n) is 4.19. The zero-order valence-electron chi connectivity index (χ0n) is 14.3. The van der Waals surface area contributed by atoms with Crippen molar-refractivity contribution in [2.75, 3.05) is 14.2 Å². The summed E-state index contributed by atoms with van der Waals surface area (Å²) in [6, 6.07) is 6.26. The molecule has 128 valence electrons. The summed E-state index contributed by atoms with van der Waals surface area (Å²) >= 11 is 0. The first-order chi connectivity index (χ1) is 11.7. The number of ether oxygens (including phenoxy) is 2. The number of aldehydes is 1. The van der Waals surface area contributed by atoms with Crippen LogP contribution in [0, 0.1) is 11.8 Å². The topological polar surface area (TPSA) is 52.6 Å². The normalized spacial score (nSPS) is 22.4. The van der Waals surface area contributed by atoms with Crippen molar-refractivity contribution in [2.24, 2.45) is 11.8 Å². The molecule has 0 saturated carbocycles. The molecule has 0 N–H and O–H groups in total. The summed E-state index contributed by atoms with van der Waals surface area (Å²) in [6.45, 7) is 0. The molecule has 0 heterocycles. The van der Waals surface area contributed by atoms with Crippen LogP contribution in [0.1, 0.15) is 43.2 Å². The Kier molecular flexibility index (Phi) is 5.03. The van der Waals surface area contributed by atoms with Gasteiger partial charge in [-0.2, -0.15) is 0 Å². The molecule has 0 spiro atoms. The maximum atomic E-state index is 11.5. The first-order valence-electron chi connectivity index (χ1n) is 8.59. The highest BCUT2D eigenvalue weighted by Crippen LogP contribution is 2.46. The summed E-state index contributed by atoms with van der Waals surface area (Å²) < 4.78 is 10.1. The van der Waals surface area contributed by atoms with Crippen LogP contribution in [0.25, 0.3) is 5.57 Å². The smallest absolute Gasteiger partial charge is 0.305 e. The molecule has 0 radical (unpaired) electrons. The molecule has 0 amide bonds. The minimum Gasteiger partial charge on any atom is -0.497 e. The zero-order chi connectivity index (χ0) is 17.1. The van der Waals surface area contributed by atoms with Gasteiger partial charge in [0.1, 0.15) is 12.0 Å². The van der Waals surface area contributed by atoms with Crippen molar-refractivity contribution in [3.63, 3.8) is 0 Å². The van der Waals surface area contributed by atoms with Crippen LogP contribution >= 0.6 is 0 Å². The molecule has 2 aliphatic rings. The Labute approximate surface area is 142 Å². The van der Waals surface area contributed by atoms with E-state index in [0.29, 0.717) is 12.8 Å². The predicted octanol–water partition coefficient (Wildman–Crippen LogP) is 3.57. The molecule has 1 aromatic rings. The molecular formula is C20H24O4. The van der Waals surface area contributed by atoms with Crippen molar-refractivity contribution in [3.05, 3.63) is 34.9 Å². The van der Waals surface area contributed by atoms with E-state index in [9.17, 15) is 9.59 Å². The Morgan fingerprint density at radius 3 is 2.79 bits per heavy atom. The quantitative estimate of drug-likeness (QED) is 0.612. The maximum absolute atomic E-state index is 11.5. The van der Waals surface area contributed by atoms with Crippen molar-refractivity contribution in [2.45, 2.75) is 38.5 Å². The number of esters is 1. The standard InChI is InChI=1S/C20H24O4/c1-23-15-5-8-16-13(11-15)3-6-19-17(9-10-20(22)24-2)14(12-21)4-7-18(16)19/h5,8,11-12,14,17H,3-4,6-7,9-10H2,1-2H3/t14-,17+/m1/s1. The average molecular weight is 328 g/mol. The summed E-state index contributed by atoms with van der Waals surface area (Å²) in [5.74, 6) is 0.878. The number of carbonyl (C=O) groups is 2. The number of benzene rings is 1. The Bertz CT molecular complexity index is 674. The summed E-state index contributed by atoms with van der Waals surface area (Å²) in [7, 11) is 3.10. The molecule has 0 aliphatic heterocycles. The predicted molar refractivity (Wildman–Crippen MR) is 91.8 cm³/mol. The first-order valence-corrected chi connectivity index (χ1v) is 8.59. The molecule has 4 nitrogen and oxygen atoms in total. The van der Waals surface area contributed by atoms with Crippen LogP contribution in [0.15, 0.2) is 23.8 Å². The van der Waals surface area contributed by atoms with Crippen molar-refractivity contribution in [3.8, 4) is 5.75 Å². The van der Waals surface area contributed by atoms with Crippen molar-refractivity contribution in [1.82, 2.24) is 0 Å². The highest BCUT2D eigenvalue weighted by Gasteiger charge is 2.34. The lowest BCUT2D eigenvalue weighted by atomic mass is 9.68. The Balaban J connectivity index is 1.93. The van der Waals surface area contributed by atoms with Crippen LogP contribution < -0.4 is 4.74 Å². The molecule has 0 unspecified atom stereocenters. The molecule has 2 atom stereocenters. The highest BCUT2D eigenvalue weighted by atomic mass is 16.5. The number of hydrogen-bond acceptors (Lipinski definition) is 4. The molecule has 24 heavy (non-hydrogen) atoms. The van der Waals surface area contributed by atoms with Crippen LogP contribution in [0.5, 0.6) is 5.75 Å². The van der Waals surface area contributed by atoms with E-state index in [1.165, 1.54) is 29.4 Å². The van der Waals surface area contributed by atoms with Gasteiger partial charge in [-0.25, -0.2) is 0 Å². The van der Waals surface area contributed by atoms with Gasteiger partial charge in [0.15, 0.2) is 0 Å². The number of fused-ring (bicyclic) bond motifs is 2. The van der Waals surface area contributed by atoms with Crippen molar-refractivity contribution >= 4 is 17.8 Å². The van der Waals surface area contributed by atoms with Crippen molar-refractivity contribution in [1.29, 1.82) is 0 Å². The van der Waals surface area contributed by atoms with Gasteiger partial charge in [0.2, 0.25) is 0 Å². The van der Waals surface area contributed by atoms with E-state index in [1.54, 1.807) is 7.11 Å². The molecule has 0 bridgehead atoms. The Morgan fingerprint density at radius 2 is 2.08 bits per heavy atom. The minimum absolute atomic E-state index is 0.0215. The van der Waals surface area contributed by atoms with Crippen molar-refractivity contribution < 1.29 is 19.1 Å². The second kappa shape index (κ2) is 7.20. The SMILES string of the molecule is COC(=O)CC[C@@H]1C2=C(CC[C@@H]1C=O)c1ccc(OC)cc1CC2. The van der Waals surface area contributed by atoms with Gasteiger partial charge in [0.25, 0.3) is 0 Å². The molecule has 4 heteroatoms. The molecule has 3 rings (SSSR count). The number of hydrogen-bond donors (Lipinski definition) is 0. The summed E-state index contributed by atoms with van der Waals surface area (Å²) in [4.78, 5) is 23.1. The third-order valence-electron chi connectivity index (χ3n) is 5.44. The maximum Gasteiger partial charge on any atom is 0.305 e. The highest BCUT2D eigenvalue weighted by molar-refractivity contribution is 5.77. The van der Waals surface area contributed by atoms with E-state index in [0.717, 1.165) is 37.7 Å². The fraction of sp³-hybridized carbons (Fsp3) is 0.500. The van der Waals surface area contributed by atoms with E-state index in [-0.39, 0.29) is 17.8 Å². The molecular weight excluding hydrogens is 304 g/mol. The van der Waals surface area contributed by atoms with Crippen LogP contribution in [0.3, 0.4) is 0 Å². The number of aryl methyl sites for hydroxylation is 1. The number of methoxy groups -OCH3 is 2. The lowest BCUT2D eigenvalue weighted by Gasteiger charge is -2.36. The van der Waals surface area contributed by atoms with Crippen LogP contribution in [0.2, 0.25) is 0 Å². The van der Waals surface area contributed by atoms with Crippen LogP contribution in [-0.2, 0) is 20.7 Å². The second-order valence-electron chi connectivity index (χ2n) is 6.59. The number of allylic oxidation sites excluding steroid dienone is 2. The third-order valence-corrected chi connectivity index (χ3v) is 5.44. The van der Waals surface area contributed by atoms with Crippen LogP contribution in [0.4, 0.5) is 0 Å². The van der Waals surface area contributed by atoms with Gasteiger partial charge in [-0.3, -0.25) is 4.79 Å². The van der Waals surface area contributed by atoms with Gasteiger partial charge in [-0.15, -0.1) is 0 Å². The van der Waals surface area contributed by atoms with E-state index in [4.69, 9.17) is 9.47 Å². The lowest BCUT2D eigenvalue weighted by Crippen LogP contribution is -2.27. The van der Waals surface area contributed by atoms with Gasteiger partial charge in [-0.05, 0) is 66.9 Å². The van der Waals surface area contributed by atoms with E-state index in [1.807, 2.05) is 6.07 Å². The monoisotopic (exact) mass is 328 g/mol. The molecule has 0 fully saturated rings. The number of carbonyl (C=O) groups excluding carboxylic acids is 2. The van der Waals surface area contributed by atoms with E-state index >= 15 is 0 Å². The Hall–Kier alpha value is -2.10. The van der Waals surface area contributed by atoms with Gasteiger partial charge in [-0.1, -0.05) is 11.6 Å². The van der Waals surface area contributed by atoms with Crippen LogP contribution in [-0.4, -0.2) is 26.5 Å². The second-order valence-corrected chi connectivity index (χ2v) is 6.59. The van der Waals surface area contributed by atoms with Gasteiger partial charge in [0, 0.05) is 12.3 Å². The fourth-order valence-corrected chi connectivity index (χ4v) is 4.19. The minimum atomic E-state index is -0.201. The van der Waals surface area contributed by atoms with Gasteiger partial charge < -0.3 is 14.3 Å². The van der Waals surface area contributed by atoms with E-state index < -0.39 is 0 Å². The molecule has 0 aromatic heterocycles. The molecule has 0 saturated heterocycles. The average Bonchev–Trinajstić information content (AvgIpc) is 2.64.